The van der Waals surface area contributed by atoms with E-state index in [0.717, 1.165) is 5.56 Å². The summed E-state index contributed by atoms with van der Waals surface area (Å²) in [5.74, 6) is 0.0722. The molecule has 186 valence electrons. The van der Waals surface area contributed by atoms with Gasteiger partial charge in [-0.2, -0.15) is 0 Å². The van der Waals surface area contributed by atoms with Crippen molar-refractivity contribution < 1.29 is 19.1 Å². The number of nitrogens with zero attached hydrogens (tertiary/aromatic N) is 3. The number of nitrogen functional groups attached to an aromatic ring is 1. The molecule has 3 aromatic carbocycles. The second-order valence-electron chi connectivity index (χ2n) is 8.29. The van der Waals surface area contributed by atoms with Crippen LogP contribution in [0.2, 0.25) is 0 Å². The van der Waals surface area contributed by atoms with Crippen LogP contribution in [0.25, 0.3) is 22.2 Å². The van der Waals surface area contributed by atoms with Crippen molar-refractivity contribution in [3.63, 3.8) is 0 Å². The van der Waals surface area contributed by atoms with Gasteiger partial charge in [0.05, 0.1) is 36.9 Å². The first kappa shape index (κ1) is 23.8. The Kier molecular flexibility index (Phi) is 6.42. The first-order chi connectivity index (χ1) is 18.0. The number of esters is 1. The maximum atomic E-state index is 13.5. The van der Waals surface area contributed by atoms with Gasteiger partial charge in [0.2, 0.25) is 0 Å². The minimum Gasteiger partial charge on any atom is -0.496 e. The summed E-state index contributed by atoms with van der Waals surface area (Å²) in [6.45, 7) is 2.36. The summed E-state index contributed by atoms with van der Waals surface area (Å²) >= 11 is 0. The maximum Gasteiger partial charge on any atom is 0.338 e. The summed E-state index contributed by atoms with van der Waals surface area (Å²) in [5.41, 5.74) is 10.8. The Labute approximate surface area is 212 Å². The predicted octanol–water partition coefficient (Wildman–Crippen LogP) is 4.65. The number of amides is 1. The monoisotopic (exact) mass is 495 g/mol. The number of hydrogen-bond donors (Lipinski definition) is 2. The van der Waals surface area contributed by atoms with Crippen LogP contribution in [0, 0.1) is 0 Å². The number of fused-ring (bicyclic) bond motifs is 2. The van der Waals surface area contributed by atoms with E-state index in [-0.39, 0.29) is 18.0 Å². The second-order valence-corrected chi connectivity index (χ2v) is 8.29. The number of carbonyl (C=O) groups excluding carboxylic acids is 2. The molecule has 2 aromatic heterocycles. The summed E-state index contributed by atoms with van der Waals surface area (Å²) in [5, 5.41) is 2.86. The van der Waals surface area contributed by atoms with Gasteiger partial charge in [0.25, 0.3) is 5.91 Å². The van der Waals surface area contributed by atoms with Gasteiger partial charge in [-0.05, 0) is 49.4 Å². The van der Waals surface area contributed by atoms with Gasteiger partial charge in [-0.3, -0.25) is 4.79 Å². The second kappa shape index (κ2) is 9.98. The first-order valence-corrected chi connectivity index (χ1v) is 11.7. The van der Waals surface area contributed by atoms with Crippen molar-refractivity contribution in [2.75, 3.05) is 24.8 Å². The van der Waals surface area contributed by atoms with Crippen LogP contribution < -0.4 is 15.8 Å². The molecule has 5 rings (SSSR count). The van der Waals surface area contributed by atoms with Crippen LogP contribution in [-0.4, -0.2) is 40.1 Å². The number of ether oxygens (including phenoxy) is 2. The van der Waals surface area contributed by atoms with Crippen LogP contribution in [0.5, 0.6) is 5.75 Å². The Hall–Kier alpha value is -4.92. The Balaban J connectivity index is 1.57. The van der Waals surface area contributed by atoms with Crippen molar-refractivity contribution in [3.8, 4) is 5.75 Å². The van der Waals surface area contributed by atoms with Gasteiger partial charge in [-0.25, -0.2) is 14.8 Å². The van der Waals surface area contributed by atoms with Crippen LogP contribution >= 0.6 is 0 Å². The molecule has 0 atom stereocenters. The molecule has 0 aliphatic rings. The number of rotatable bonds is 7. The molecule has 0 saturated heterocycles. The van der Waals surface area contributed by atoms with Gasteiger partial charge in [0.15, 0.2) is 5.65 Å². The van der Waals surface area contributed by atoms with Crippen molar-refractivity contribution >= 4 is 45.6 Å². The third-order valence-corrected chi connectivity index (χ3v) is 5.99. The average molecular weight is 496 g/mol. The van der Waals surface area contributed by atoms with Crippen molar-refractivity contribution in [2.45, 2.75) is 13.5 Å². The van der Waals surface area contributed by atoms with Crippen LogP contribution in [0.1, 0.15) is 33.2 Å². The summed E-state index contributed by atoms with van der Waals surface area (Å²) < 4.78 is 12.3. The minimum absolute atomic E-state index is 0.220. The molecule has 9 nitrogen and oxygen atoms in total. The third-order valence-electron chi connectivity index (χ3n) is 5.99. The number of para-hydroxylation sites is 3. The summed E-state index contributed by atoms with van der Waals surface area (Å²) in [6.07, 6.45) is 0. The van der Waals surface area contributed by atoms with Crippen molar-refractivity contribution in [1.29, 1.82) is 0 Å². The van der Waals surface area contributed by atoms with Crippen LogP contribution in [0.15, 0.2) is 72.8 Å². The molecule has 0 fully saturated rings. The molecule has 0 saturated carbocycles. The third kappa shape index (κ3) is 4.54. The van der Waals surface area contributed by atoms with Crippen LogP contribution in [0.3, 0.4) is 0 Å². The fourth-order valence-electron chi connectivity index (χ4n) is 4.20. The van der Waals surface area contributed by atoms with E-state index >= 15 is 0 Å². The van der Waals surface area contributed by atoms with Crippen LogP contribution in [-0.2, 0) is 11.3 Å². The zero-order valence-electron chi connectivity index (χ0n) is 20.4. The lowest BCUT2D eigenvalue weighted by atomic mass is 10.2. The quantitative estimate of drug-likeness (QED) is 0.315. The number of nitrogens with two attached hydrogens (primary N) is 1. The highest BCUT2D eigenvalue weighted by Gasteiger charge is 2.25. The number of nitrogens with one attached hydrogen (secondary N) is 1. The molecule has 37 heavy (non-hydrogen) atoms. The summed E-state index contributed by atoms with van der Waals surface area (Å²) in [6, 6.07) is 21.5. The van der Waals surface area contributed by atoms with Gasteiger partial charge in [-0.1, -0.05) is 30.3 Å². The summed E-state index contributed by atoms with van der Waals surface area (Å²) in [4.78, 5) is 35.0. The van der Waals surface area contributed by atoms with E-state index in [4.69, 9.17) is 25.2 Å². The van der Waals surface area contributed by atoms with Crippen molar-refractivity contribution in [2.24, 2.45) is 0 Å². The fourth-order valence-corrected chi connectivity index (χ4v) is 4.20. The number of carbonyl (C=O) groups is 2. The zero-order valence-corrected chi connectivity index (χ0v) is 20.4. The molecule has 0 unspecified atom stereocenters. The van der Waals surface area contributed by atoms with E-state index in [1.54, 1.807) is 42.9 Å². The molecule has 0 aliphatic heterocycles. The smallest absolute Gasteiger partial charge is 0.338 e. The first-order valence-electron chi connectivity index (χ1n) is 11.7. The Morgan fingerprint density at radius 2 is 1.62 bits per heavy atom. The topological polar surface area (TPSA) is 121 Å². The molecule has 1 amide bonds. The van der Waals surface area contributed by atoms with E-state index in [1.165, 1.54) is 0 Å². The molecule has 0 bridgehead atoms. The van der Waals surface area contributed by atoms with E-state index in [0.29, 0.717) is 45.7 Å². The normalized spacial score (nSPS) is 11.0. The Morgan fingerprint density at radius 3 is 2.32 bits per heavy atom. The fraction of sp³-hybridized carbons (Fsp3) is 0.143. The maximum absolute atomic E-state index is 13.5. The molecular weight excluding hydrogens is 470 g/mol. The molecule has 2 heterocycles. The molecule has 9 heteroatoms. The van der Waals surface area contributed by atoms with E-state index < -0.39 is 11.9 Å². The highest BCUT2D eigenvalue weighted by Crippen LogP contribution is 2.31. The van der Waals surface area contributed by atoms with Crippen molar-refractivity contribution in [1.82, 2.24) is 14.5 Å². The predicted molar refractivity (Wildman–Crippen MR) is 142 cm³/mol. The van der Waals surface area contributed by atoms with E-state index in [9.17, 15) is 9.59 Å². The van der Waals surface area contributed by atoms with Gasteiger partial charge in [0.1, 0.15) is 22.6 Å². The molecule has 0 aliphatic carbocycles. The molecule has 5 aromatic rings. The minimum atomic E-state index is -0.435. The van der Waals surface area contributed by atoms with E-state index in [1.807, 2.05) is 48.5 Å². The van der Waals surface area contributed by atoms with Crippen LogP contribution in [0.4, 0.5) is 11.5 Å². The number of aromatic nitrogens is 3. The number of hydrogen-bond acceptors (Lipinski definition) is 7. The van der Waals surface area contributed by atoms with Crippen molar-refractivity contribution in [3.05, 3.63) is 89.5 Å². The molecule has 0 radical (unpaired) electrons. The summed E-state index contributed by atoms with van der Waals surface area (Å²) in [7, 11) is 1.61. The molecule has 3 N–H and O–H groups in total. The lowest BCUT2D eigenvalue weighted by Gasteiger charge is -2.12. The lowest BCUT2D eigenvalue weighted by Crippen LogP contribution is -2.15. The average Bonchev–Trinajstić information content (AvgIpc) is 3.18. The molecular formula is C28H25N5O4. The standard InChI is InChI=1S/C28H25N5O4/c1-3-37-28(35)17-12-14-19(15-13-17)30-27(34)23-24-26(32-21-10-6-5-9-20(21)31-24)33(25(23)29)16-18-8-4-7-11-22(18)36-2/h4-15H,3,16,29H2,1-2H3,(H,30,34). The number of methoxy groups -OCH3 is 1. The van der Waals surface area contributed by atoms with Gasteiger partial charge < -0.3 is 25.1 Å². The largest absolute Gasteiger partial charge is 0.496 e. The lowest BCUT2D eigenvalue weighted by molar-refractivity contribution is 0.0526. The highest BCUT2D eigenvalue weighted by atomic mass is 16.5. The Morgan fingerprint density at radius 1 is 0.946 bits per heavy atom. The number of benzene rings is 3. The molecule has 0 spiro atoms. The van der Waals surface area contributed by atoms with E-state index in [2.05, 4.69) is 5.32 Å². The SMILES string of the molecule is CCOC(=O)c1ccc(NC(=O)c2c(N)n(Cc3ccccc3OC)c3nc4ccccc4nc23)cc1. The number of anilines is 2. The zero-order chi connectivity index (χ0) is 25.9. The highest BCUT2D eigenvalue weighted by molar-refractivity contribution is 6.16. The van der Waals surface area contributed by atoms with Gasteiger partial charge in [-0.15, -0.1) is 0 Å². The Bertz CT molecular complexity index is 1630. The van der Waals surface area contributed by atoms with Gasteiger partial charge in [0, 0.05) is 11.3 Å². The van der Waals surface area contributed by atoms with Gasteiger partial charge >= 0.3 is 5.97 Å².